The molecule has 0 aliphatic carbocycles. The van der Waals surface area contributed by atoms with E-state index in [2.05, 4.69) is 20.6 Å². The number of nitrogens with zero attached hydrogens (tertiary/aromatic N) is 3. The molecule has 0 saturated heterocycles. The number of methoxy groups -OCH3 is 3. The van der Waals surface area contributed by atoms with Crippen LogP contribution in [-0.4, -0.2) is 52.6 Å². The van der Waals surface area contributed by atoms with E-state index in [-0.39, 0.29) is 29.8 Å². The first-order valence-corrected chi connectivity index (χ1v) is 12.0. The van der Waals surface area contributed by atoms with Crippen LogP contribution < -0.4 is 24.4 Å². The Labute approximate surface area is 215 Å². The van der Waals surface area contributed by atoms with E-state index in [4.69, 9.17) is 14.2 Å². The van der Waals surface area contributed by atoms with Crippen LogP contribution >= 0.6 is 0 Å². The number of anilines is 5. The van der Waals surface area contributed by atoms with E-state index in [1.807, 2.05) is 6.07 Å². The Hall–Kier alpha value is -4.26. The van der Waals surface area contributed by atoms with Crippen LogP contribution in [0.4, 0.5) is 28.7 Å². The van der Waals surface area contributed by atoms with Crippen molar-refractivity contribution in [3.63, 3.8) is 0 Å². The van der Waals surface area contributed by atoms with Crippen LogP contribution in [0.25, 0.3) is 11.0 Å². The Kier molecular flexibility index (Phi) is 8.13. The third kappa shape index (κ3) is 6.12. The predicted molar refractivity (Wildman–Crippen MR) is 140 cm³/mol. The zero-order chi connectivity index (χ0) is 26.4. The van der Waals surface area contributed by atoms with Crippen LogP contribution in [0, 0.1) is 0 Å². The zero-order valence-corrected chi connectivity index (χ0v) is 21.1. The number of carbonyl (C=O) groups excluding carboxylic acids is 1. The van der Waals surface area contributed by atoms with Gasteiger partial charge in [-0.05, 0) is 30.3 Å². The number of hydrogen-bond acceptors (Lipinski definition) is 9. The van der Waals surface area contributed by atoms with Crippen LogP contribution in [0.2, 0.25) is 0 Å². The van der Waals surface area contributed by atoms with Crippen molar-refractivity contribution in [2.24, 2.45) is 0 Å². The van der Waals surface area contributed by atoms with Crippen molar-refractivity contribution < 1.29 is 27.8 Å². The Balaban J connectivity index is 1.83. The molecule has 3 aromatic carbocycles. The Morgan fingerprint density at radius 2 is 1.59 bits per heavy atom. The number of aromatic nitrogens is 2. The van der Waals surface area contributed by atoms with Gasteiger partial charge < -0.3 is 29.4 Å². The molecule has 1 heterocycles. The van der Waals surface area contributed by atoms with Gasteiger partial charge in [0.2, 0.25) is 5.91 Å². The SMILES string of the molecule is COCC(=O)Nc1cccc(N(c2nc3ccccc3nc2Nc2cc(OC)cc(OC)c2)S(=O)[O-])c1. The summed E-state index contributed by atoms with van der Waals surface area (Å²) in [7, 11) is 4.46. The van der Waals surface area contributed by atoms with Crippen LogP contribution in [0.15, 0.2) is 66.7 Å². The molecule has 1 aromatic heterocycles. The van der Waals surface area contributed by atoms with Gasteiger partial charge in [-0.25, -0.2) is 9.97 Å². The Morgan fingerprint density at radius 3 is 2.22 bits per heavy atom. The summed E-state index contributed by atoms with van der Waals surface area (Å²) < 4.78 is 41.6. The fourth-order valence-corrected chi connectivity index (χ4v) is 4.10. The third-order valence-corrected chi connectivity index (χ3v) is 5.83. The largest absolute Gasteiger partial charge is 0.755 e. The highest BCUT2D eigenvalue weighted by Crippen LogP contribution is 2.36. The molecule has 0 bridgehead atoms. The van der Waals surface area contributed by atoms with Crippen LogP contribution in [0.3, 0.4) is 0 Å². The molecule has 1 amide bonds. The first-order chi connectivity index (χ1) is 17.9. The fraction of sp³-hybridized carbons (Fsp3) is 0.160. The molecule has 11 nitrogen and oxygen atoms in total. The van der Waals surface area contributed by atoms with Crippen molar-refractivity contribution in [3.8, 4) is 11.5 Å². The molecule has 37 heavy (non-hydrogen) atoms. The lowest BCUT2D eigenvalue weighted by Gasteiger charge is -2.27. The lowest BCUT2D eigenvalue weighted by molar-refractivity contribution is -0.119. The topological polar surface area (TPSA) is 138 Å². The minimum Gasteiger partial charge on any atom is -0.755 e. The average molecular weight is 523 g/mol. The summed E-state index contributed by atoms with van der Waals surface area (Å²) in [6.45, 7) is -0.143. The molecule has 4 aromatic rings. The van der Waals surface area contributed by atoms with Gasteiger partial charge in [0.1, 0.15) is 18.1 Å². The van der Waals surface area contributed by atoms with Gasteiger partial charge in [0, 0.05) is 36.7 Å². The molecule has 4 rings (SSSR count). The quantitative estimate of drug-likeness (QED) is 0.297. The van der Waals surface area contributed by atoms with E-state index in [0.29, 0.717) is 33.9 Å². The van der Waals surface area contributed by atoms with E-state index in [9.17, 15) is 13.6 Å². The average Bonchev–Trinajstić information content (AvgIpc) is 2.89. The molecule has 0 aliphatic heterocycles. The zero-order valence-electron chi connectivity index (χ0n) is 20.3. The highest BCUT2D eigenvalue weighted by Gasteiger charge is 2.20. The Morgan fingerprint density at radius 1 is 0.919 bits per heavy atom. The smallest absolute Gasteiger partial charge is 0.250 e. The van der Waals surface area contributed by atoms with Gasteiger partial charge in [0.15, 0.2) is 11.6 Å². The van der Waals surface area contributed by atoms with Gasteiger partial charge in [-0.2, -0.15) is 0 Å². The number of amides is 1. The Bertz CT molecular complexity index is 1430. The summed E-state index contributed by atoms with van der Waals surface area (Å²) in [5.41, 5.74) is 2.21. The van der Waals surface area contributed by atoms with Gasteiger partial charge in [-0.15, -0.1) is 0 Å². The number of hydrogen-bond donors (Lipinski definition) is 2. The molecule has 1 unspecified atom stereocenters. The molecule has 0 spiro atoms. The number of ether oxygens (including phenoxy) is 3. The van der Waals surface area contributed by atoms with E-state index in [1.54, 1.807) is 54.6 Å². The van der Waals surface area contributed by atoms with Crippen LogP contribution in [-0.2, 0) is 20.8 Å². The van der Waals surface area contributed by atoms with Gasteiger partial charge in [0.25, 0.3) is 0 Å². The van der Waals surface area contributed by atoms with Gasteiger partial charge in [-0.3, -0.25) is 13.3 Å². The van der Waals surface area contributed by atoms with Gasteiger partial charge >= 0.3 is 0 Å². The van der Waals surface area contributed by atoms with Crippen molar-refractivity contribution in [2.45, 2.75) is 0 Å². The standard InChI is InChI=1S/C25H25N5O6S/c1-34-15-23(31)26-16-7-6-8-18(11-16)30(37(32)33)25-24(28-21-9-4-5-10-22(21)29-25)27-17-12-19(35-2)14-20(13-17)36-3/h4-14H,15H2,1-3H3,(H,26,31)(H,27,28)(H,32,33)/p-1. The van der Waals surface area contributed by atoms with E-state index in [1.165, 1.54) is 27.4 Å². The second-order valence-corrected chi connectivity index (χ2v) is 8.45. The summed E-state index contributed by atoms with van der Waals surface area (Å²) in [4.78, 5) is 21.2. The summed E-state index contributed by atoms with van der Waals surface area (Å²) in [5, 5.41) is 5.81. The summed E-state index contributed by atoms with van der Waals surface area (Å²) in [6, 6.07) is 18.6. The highest BCUT2D eigenvalue weighted by molar-refractivity contribution is 7.81. The molecule has 1 atom stereocenters. The first-order valence-electron chi connectivity index (χ1n) is 11.0. The number of fused-ring (bicyclic) bond motifs is 1. The predicted octanol–water partition coefficient (Wildman–Crippen LogP) is 3.91. The monoisotopic (exact) mass is 522 g/mol. The van der Waals surface area contributed by atoms with Crippen molar-refractivity contribution in [3.05, 3.63) is 66.7 Å². The lowest BCUT2D eigenvalue weighted by Crippen LogP contribution is -2.23. The second kappa shape index (κ2) is 11.6. The maximum atomic E-state index is 12.6. The minimum absolute atomic E-state index is 0.0224. The molecular formula is C25H24N5O6S-. The lowest BCUT2D eigenvalue weighted by atomic mass is 10.2. The van der Waals surface area contributed by atoms with Crippen LogP contribution in [0.5, 0.6) is 11.5 Å². The first kappa shape index (κ1) is 25.8. The van der Waals surface area contributed by atoms with E-state index >= 15 is 0 Å². The van der Waals surface area contributed by atoms with Gasteiger partial charge in [-0.1, -0.05) is 18.2 Å². The maximum Gasteiger partial charge on any atom is 0.250 e. The van der Waals surface area contributed by atoms with Crippen molar-refractivity contribution in [2.75, 3.05) is 42.9 Å². The molecule has 0 saturated carbocycles. The molecule has 2 N–H and O–H groups in total. The minimum atomic E-state index is -2.80. The van der Waals surface area contributed by atoms with Gasteiger partial charge in [0.05, 0.1) is 42.2 Å². The van der Waals surface area contributed by atoms with Crippen LogP contribution in [0.1, 0.15) is 0 Å². The van der Waals surface area contributed by atoms with Crippen molar-refractivity contribution in [1.82, 2.24) is 9.97 Å². The summed E-state index contributed by atoms with van der Waals surface area (Å²) in [5.74, 6) is 0.873. The molecule has 192 valence electrons. The summed E-state index contributed by atoms with van der Waals surface area (Å²) in [6.07, 6.45) is 0. The van der Waals surface area contributed by atoms with E-state index in [0.717, 1.165) is 4.31 Å². The third-order valence-electron chi connectivity index (χ3n) is 5.15. The van der Waals surface area contributed by atoms with Crippen molar-refractivity contribution in [1.29, 1.82) is 0 Å². The molecule has 0 fully saturated rings. The highest BCUT2D eigenvalue weighted by atomic mass is 32.2. The fourth-order valence-electron chi connectivity index (χ4n) is 3.55. The normalized spacial score (nSPS) is 11.6. The van der Waals surface area contributed by atoms with E-state index < -0.39 is 11.3 Å². The maximum absolute atomic E-state index is 12.6. The number of benzene rings is 3. The molecular weight excluding hydrogens is 498 g/mol. The number of carbonyl (C=O) groups is 1. The molecule has 0 aliphatic rings. The number of nitrogens with one attached hydrogen (secondary N) is 2. The number of rotatable bonds is 10. The second-order valence-electron chi connectivity index (χ2n) is 7.65. The van der Waals surface area contributed by atoms with Crippen molar-refractivity contribution >= 4 is 56.9 Å². The summed E-state index contributed by atoms with van der Waals surface area (Å²) >= 11 is -2.80. The molecule has 12 heteroatoms. The molecule has 0 radical (unpaired) electrons. The number of para-hydroxylation sites is 2.